The van der Waals surface area contributed by atoms with Crippen molar-refractivity contribution in [2.75, 3.05) is 31.1 Å². The van der Waals surface area contributed by atoms with Gasteiger partial charge in [0.05, 0.1) is 5.69 Å². The van der Waals surface area contributed by atoms with Crippen molar-refractivity contribution in [3.63, 3.8) is 0 Å². The maximum Gasteiger partial charge on any atom is 0.266 e. The molecule has 1 amide bonds. The lowest BCUT2D eigenvalue weighted by Gasteiger charge is -2.39. The SMILES string of the molecule is Cc1ncn(-c2cc(N3CCN(C(=O)C(C)(C)Oc4ccc(Cl)cc4)CC3)ncn2)c1C. The molecular weight excluding hydrogens is 428 g/mol. The highest BCUT2D eigenvalue weighted by atomic mass is 35.5. The number of aromatic nitrogens is 4. The Kier molecular flexibility index (Phi) is 6.06. The van der Waals surface area contributed by atoms with Gasteiger partial charge in [-0.3, -0.25) is 9.36 Å². The van der Waals surface area contributed by atoms with Crippen LogP contribution in [0.25, 0.3) is 5.82 Å². The number of halogens is 1. The zero-order chi connectivity index (χ0) is 22.9. The van der Waals surface area contributed by atoms with Gasteiger partial charge in [0, 0.05) is 43.0 Å². The van der Waals surface area contributed by atoms with Crippen molar-refractivity contribution in [1.29, 1.82) is 0 Å². The highest BCUT2D eigenvalue weighted by Crippen LogP contribution is 2.24. The molecule has 2 aromatic heterocycles. The Labute approximate surface area is 192 Å². The maximum atomic E-state index is 13.1. The first-order chi connectivity index (χ1) is 15.2. The molecule has 1 saturated heterocycles. The first-order valence-corrected chi connectivity index (χ1v) is 10.9. The van der Waals surface area contributed by atoms with E-state index in [-0.39, 0.29) is 5.91 Å². The lowest BCUT2D eigenvalue weighted by atomic mass is 10.1. The summed E-state index contributed by atoms with van der Waals surface area (Å²) in [5.41, 5.74) is 1.04. The second kappa shape index (κ2) is 8.78. The minimum atomic E-state index is -0.977. The summed E-state index contributed by atoms with van der Waals surface area (Å²) in [5, 5.41) is 0.629. The van der Waals surface area contributed by atoms with E-state index >= 15 is 0 Å². The van der Waals surface area contributed by atoms with Crippen LogP contribution in [0.3, 0.4) is 0 Å². The molecule has 8 nitrogen and oxygen atoms in total. The number of carbonyl (C=O) groups excluding carboxylic acids is 1. The Bertz CT molecular complexity index is 1100. The van der Waals surface area contributed by atoms with Crippen molar-refractivity contribution in [1.82, 2.24) is 24.4 Å². The molecule has 4 rings (SSSR count). The Balaban J connectivity index is 1.40. The van der Waals surface area contributed by atoms with Crippen LogP contribution in [0.5, 0.6) is 5.75 Å². The molecule has 1 aromatic carbocycles. The quantitative estimate of drug-likeness (QED) is 0.587. The van der Waals surface area contributed by atoms with Gasteiger partial charge in [0.15, 0.2) is 5.60 Å². The third-order valence-electron chi connectivity index (χ3n) is 5.73. The van der Waals surface area contributed by atoms with Gasteiger partial charge in [-0.1, -0.05) is 11.6 Å². The summed E-state index contributed by atoms with van der Waals surface area (Å²) in [5.74, 6) is 2.19. The van der Waals surface area contributed by atoms with E-state index in [2.05, 4.69) is 19.9 Å². The molecular formula is C23H27ClN6O2. The average Bonchev–Trinajstić information content (AvgIpc) is 3.13. The molecule has 32 heavy (non-hydrogen) atoms. The Morgan fingerprint density at radius 2 is 1.66 bits per heavy atom. The van der Waals surface area contributed by atoms with Crippen LogP contribution in [-0.4, -0.2) is 62.1 Å². The van der Waals surface area contributed by atoms with Gasteiger partial charge in [-0.25, -0.2) is 15.0 Å². The van der Waals surface area contributed by atoms with Gasteiger partial charge in [-0.15, -0.1) is 0 Å². The van der Waals surface area contributed by atoms with Crippen molar-refractivity contribution < 1.29 is 9.53 Å². The number of piperazine rings is 1. The molecule has 1 aliphatic heterocycles. The molecule has 9 heteroatoms. The lowest BCUT2D eigenvalue weighted by molar-refractivity contribution is -0.145. The third kappa shape index (κ3) is 4.55. The Hall–Kier alpha value is -3.13. The van der Waals surface area contributed by atoms with Crippen LogP contribution in [0, 0.1) is 13.8 Å². The number of benzene rings is 1. The normalized spacial score (nSPS) is 14.5. The molecule has 0 N–H and O–H groups in total. The van der Waals surface area contributed by atoms with E-state index in [4.69, 9.17) is 16.3 Å². The van der Waals surface area contributed by atoms with Gasteiger partial charge in [-0.2, -0.15) is 0 Å². The number of rotatable bonds is 5. The molecule has 0 radical (unpaired) electrons. The summed E-state index contributed by atoms with van der Waals surface area (Å²) in [7, 11) is 0. The largest absolute Gasteiger partial charge is 0.478 e. The smallest absolute Gasteiger partial charge is 0.266 e. The zero-order valence-corrected chi connectivity index (χ0v) is 19.5. The summed E-state index contributed by atoms with van der Waals surface area (Å²) in [6.07, 6.45) is 3.34. The Morgan fingerprint density at radius 1 is 1.00 bits per heavy atom. The third-order valence-corrected chi connectivity index (χ3v) is 5.98. The second-order valence-electron chi connectivity index (χ2n) is 8.37. The van der Waals surface area contributed by atoms with Gasteiger partial charge in [0.25, 0.3) is 5.91 Å². The predicted octanol–water partition coefficient (Wildman–Crippen LogP) is 3.44. The number of ether oxygens (including phenoxy) is 1. The van der Waals surface area contributed by atoms with E-state index in [0.717, 1.165) is 23.0 Å². The molecule has 0 saturated carbocycles. The fraction of sp³-hybridized carbons (Fsp3) is 0.391. The minimum Gasteiger partial charge on any atom is -0.478 e. The molecule has 3 aromatic rings. The molecule has 0 bridgehead atoms. The van der Waals surface area contributed by atoms with Crippen molar-refractivity contribution in [2.24, 2.45) is 0 Å². The number of hydrogen-bond donors (Lipinski definition) is 0. The average molecular weight is 455 g/mol. The van der Waals surface area contributed by atoms with Crippen LogP contribution in [0.1, 0.15) is 25.2 Å². The molecule has 0 unspecified atom stereocenters. The van der Waals surface area contributed by atoms with Crippen LogP contribution in [0.4, 0.5) is 5.82 Å². The maximum absolute atomic E-state index is 13.1. The standard InChI is InChI=1S/C23H27ClN6O2/c1-16-17(2)30(15-27-16)21-13-20(25-14-26-21)28-9-11-29(12-10-28)22(31)23(3,4)32-19-7-5-18(24)6-8-19/h5-8,13-15H,9-12H2,1-4H3. The van der Waals surface area contributed by atoms with Crippen LogP contribution in [-0.2, 0) is 4.79 Å². The van der Waals surface area contributed by atoms with E-state index < -0.39 is 5.60 Å². The summed E-state index contributed by atoms with van der Waals surface area (Å²) < 4.78 is 7.92. The molecule has 0 aliphatic carbocycles. The number of nitrogens with zero attached hydrogens (tertiary/aromatic N) is 6. The predicted molar refractivity (Wildman–Crippen MR) is 124 cm³/mol. The van der Waals surface area contributed by atoms with Crippen molar-refractivity contribution in [3.8, 4) is 11.6 Å². The van der Waals surface area contributed by atoms with Gasteiger partial charge in [0.1, 0.15) is 30.0 Å². The molecule has 1 aliphatic rings. The number of hydrogen-bond acceptors (Lipinski definition) is 6. The van der Waals surface area contributed by atoms with Crippen molar-refractivity contribution in [2.45, 2.75) is 33.3 Å². The molecule has 1 fully saturated rings. The Morgan fingerprint density at radius 3 is 2.28 bits per heavy atom. The van der Waals surface area contributed by atoms with Crippen molar-refractivity contribution in [3.05, 3.63) is 59.4 Å². The molecule has 0 atom stereocenters. The molecule has 3 heterocycles. The van der Waals surface area contributed by atoms with Crippen LogP contribution in [0.2, 0.25) is 5.02 Å². The first kappa shape index (κ1) is 22.1. The molecule has 168 valence electrons. The summed E-state index contributed by atoms with van der Waals surface area (Å²) in [6, 6.07) is 8.99. The van der Waals surface area contributed by atoms with Crippen LogP contribution in [0.15, 0.2) is 43.0 Å². The van der Waals surface area contributed by atoms with E-state index in [1.165, 1.54) is 0 Å². The van der Waals surface area contributed by atoms with Gasteiger partial charge >= 0.3 is 0 Å². The summed E-state index contributed by atoms with van der Waals surface area (Å²) >= 11 is 5.94. The highest BCUT2D eigenvalue weighted by Gasteiger charge is 2.36. The lowest BCUT2D eigenvalue weighted by Crippen LogP contribution is -2.56. The number of amides is 1. The van der Waals surface area contributed by atoms with Gasteiger partial charge in [-0.05, 0) is 52.0 Å². The summed E-state index contributed by atoms with van der Waals surface area (Å²) in [6.45, 7) is 10.1. The van der Waals surface area contributed by atoms with Crippen molar-refractivity contribution >= 4 is 23.3 Å². The topological polar surface area (TPSA) is 76.4 Å². The first-order valence-electron chi connectivity index (χ1n) is 10.6. The zero-order valence-electron chi connectivity index (χ0n) is 18.7. The fourth-order valence-corrected chi connectivity index (χ4v) is 3.86. The van der Waals surface area contributed by atoms with E-state index in [1.54, 1.807) is 50.8 Å². The van der Waals surface area contributed by atoms with E-state index in [0.29, 0.717) is 37.0 Å². The highest BCUT2D eigenvalue weighted by molar-refractivity contribution is 6.30. The van der Waals surface area contributed by atoms with Crippen LogP contribution < -0.4 is 9.64 Å². The molecule has 0 spiro atoms. The van der Waals surface area contributed by atoms with E-state index in [1.807, 2.05) is 29.4 Å². The van der Waals surface area contributed by atoms with Gasteiger partial charge < -0.3 is 14.5 Å². The van der Waals surface area contributed by atoms with Crippen LogP contribution >= 0.6 is 11.6 Å². The minimum absolute atomic E-state index is 0.0417. The number of aryl methyl sites for hydroxylation is 1. The summed E-state index contributed by atoms with van der Waals surface area (Å²) in [4.78, 5) is 30.3. The second-order valence-corrected chi connectivity index (χ2v) is 8.80. The number of anilines is 1. The number of carbonyl (C=O) groups is 1. The monoisotopic (exact) mass is 454 g/mol. The van der Waals surface area contributed by atoms with E-state index in [9.17, 15) is 4.79 Å². The fourth-order valence-electron chi connectivity index (χ4n) is 3.73. The van der Waals surface area contributed by atoms with Gasteiger partial charge in [0.2, 0.25) is 0 Å². The number of imidazole rings is 1.